The Kier molecular flexibility index (Phi) is 5.84. The third-order valence-corrected chi connectivity index (χ3v) is 3.91. The van der Waals surface area contributed by atoms with Crippen LogP contribution in [0.25, 0.3) is 0 Å². The molecule has 0 spiro atoms. The number of nitrogens with one attached hydrogen (secondary N) is 1. The van der Waals surface area contributed by atoms with Gasteiger partial charge in [0.2, 0.25) is 5.91 Å². The van der Waals surface area contributed by atoms with E-state index in [4.69, 9.17) is 4.74 Å². The van der Waals surface area contributed by atoms with E-state index < -0.39 is 0 Å². The SMILES string of the molecule is CCOc1ccc(N2CCN(CC(=O)NC(C)CC)C2=O)cc1. The van der Waals surface area contributed by atoms with E-state index in [1.54, 1.807) is 9.80 Å². The third kappa shape index (κ3) is 4.37. The second-order valence-corrected chi connectivity index (χ2v) is 5.66. The summed E-state index contributed by atoms with van der Waals surface area (Å²) in [7, 11) is 0. The van der Waals surface area contributed by atoms with Gasteiger partial charge in [-0.15, -0.1) is 0 Å². The summed E-state index contributed by atoms with van der Waals surface area (Å²) >= 11 is 0. The Bertz CT molecular complexity index is 545. The van der Waals surface area contributed by atoms with Crippen LogP contribution in [0.3, 0.4) is 0 Å². The van der Waals surface area contributed by atoms with Crippen molar-refractivity contribution in [2.75, 3.05) is 31.1 Å². The van der Waals surface area contributed by atoms with Crippen LogP contribution in [0.1, 0.15) is 27.2 Å². The molecule has 1 aromatic rings. The number of urea groups is 1. The molecule has 1 heterocycles. The van der Waals surface area contributed by atoms with Crippen molar-refractivity contribution in [2.24, 2.45) is 0 Å². The lowest BCUT2D eigenvalue weighted by molar-refractivity contribution is -0.122. The molecule has 6 heteroatoms. The monoisotopic (exact) mass is 319 g/mol. The number of nitrogens with zero attached hydrogens (tertiary/aromatic N) is 2. The molecule has 0 aliphatic carbocycles. The first-order chi connectivity index (χ1) is 11.0. The summed E-state index contributed by atoms with van der Waals surface area (Å²) in [5, 5.41) is 2.89. The van der Waals surface area contributed by atoms with Crippen LogP contribution in [0.15, 0.2) is 24.3 Å². The molecule has 0 bridgehead atoms. The van der Waals surface area contributed by atoms with Gasteiger partial charge in [-0.2, -0.15) is 0 Å². The van der Waals surface area contributed by atoms with Crippen molar-refractivity contribution < 1.29 is 14.3 Å². The molecule has 1 fully saturated rings. The Morgan fingerprint density at radius 1 is 1.26 bits per heavy atom. The second kappa shape index (κ2) is 7.85. The van der Waals surface area contributed by atoms with Crippen LogP contribution in [-0.2, 0) is 4.79 Å². The van der Waals surface area contributed by atoms with E-state index >= 15 is 0 Å². The number of hydrogen-bond acceptors (Lipinski definition) is 3. The average molecular weight is 319 g/mol. The predicted molar refractivity (Wildman–Crippen MR) is 89.8 cm³/mol. The van der Waals surface area contributed by atoms with Crippen molar-refractivity contribution in [3.05, 3.63) is 24.3 Å². The Labute approximate surface area is 137 Å². The highest BCUT2D eigenvalue weighted by atomic mass is 16.5. The average Bonchev–Trinajstić information content (AvgIpc) is 2.89. The van der Waals surface area contributed by atoms with E-state index in [0.717, 1.165) is 17.9 Å². The van der Waals surface area contributed by atoms with Crippen molar-refractivity contribution in [3.8, 4) is 5.75 Å². The number of carbonyl (C=O) groups is 2. The summed E-state index contributed by atoms with van der Waals surface area (Å²) in [6, 6.07) is 7.43. The first-order valence-corrected chi connectivity index (χ1v) is 8.13. The minimum absolute atomic E-state index is 0.108. The number of anilines is 1. The molecule has 6 nitrogen and oxygen atoms in total. The molecule has 1 saturated heterocycles. The van der Waals surface area contributed by atoms with Crippen LogP contribution >= 0.6 is 0 Å². The zero-order valence-electron chi connectivity index (χ0n) is 14.0. The van der Waals surface area contributed by atoms with Gasteiger partial charge in [-0.25, -0.2) is 4.79 Å². The lowest BCUT2D eigenvalue weighted by Crippen LogP contribution is -2.42. The number of ether oxygens (including phenoxy) is 1. The number of rotatable bonds is 7. The van der Waals surface area contributed by atoms with Crippen LogP contribution in [0.5, 0.6) is 5.75 Å². The Morgan fingerprint density at radius 3 is 2.57 bits per heavy atom. The minimum atomic E-state index is -0.131. The van der Waals surface area contributed by atoms with E-state index in [1.807, 2.05) is 45.0 Å². The zero-order chi connectivity index (χ0) is 16.8. The van der Waals surface area contributed by atoms with Gasteiger partial charge < -0.3 is 15.0 Å². The maximum atomic E-state index is 12.4. The molecule has 1 atom stereocenters. The molecule has 1 aliphatic heterocycles. The van der Waals surface area contributed by atoms with Crippen LogP contribution in [0.4, 0.5) is 10.5 Å². The molecule has 0 aromatic heterocycles. The molecule has 0 radical (unpaired) electrons. The van der Waals surface area contributed by atoms with Gasteiger partial charge >= 0.3 is 6.03 Å². The van der Waals surface area contributed by atoms with E-state index in [9.17, 15) is 9.59 Å². The molecule has 1 aromatic carbocycles. The molecule has 2 rings (SSSR count). The molecular weight excluding hydrogens is 294 g/mol. The summed E-state index contributed by atoms with van der Waals surface area (Å²) in [5.74, 6) is 0.675. The summed E-state index contributed by atoms with van der Waals surface area (Å²) in [6.45, 7) is 7.76. The van der Waals surface area contributed by atoms with Gasteiger partial charge in [0.25, 0.3) is 0 Å². The fourth-order valence-electron chi connectivity index (χ4n) is 2.45. The third-order valence-electron chi connectivity index (χ3n) is 3.91. The van der Waals surface area contributed by atoms with Crippen LogP contribution in [-0.4, -0.2) is 49.1 Å². The highest BCUT2D eigenvalue weighted by molar-refractivity contribution is 5.96. The smallest absolute Gasteiger partial charge is 0.325 e. The fourth-order valence-corrected chi connectivity index (χ4v) is 2.45. The lowest BCUT2D eigenvalue weighted by Gasteiger charge is -2.19. The molecule has 1 aliphatic rings. The van der Waals surface area contributed by atoms with Gasteiger partial charge in [-0.3, -0.25) is 9.69 Å². The normalized spacial score (nSPS) is 15.7. The largest absolute Gasteiger partial charge is 0.494 e. The number of carbonyl (C=O) groups excluding carboxylic acids is 2. The highest BCUT2D eigenvalue weighted by Crippen LogP contribution is 2.23. The zero-order valence-corrected chi connectivity index (χ0v) is 14.0. The van der Waals surface area contributed by atoms with E-state index in [0.29, 0.717) is 19.7 Å². The van der Waals surface area contributed by atoms with E-state index in [-0.39, 0.29) is 24.5 Å². The van der Waals surface area contributed by atoms with Gasteiger partial charge in [0, 0.05) is 24.8 Å². The lowest BCUT2D eigenvalue weighted by atomic mass is 10.2. The summed E-state index contributed by atoms with van der Waals surface area (Å²) < 4.78 is 5.40. The Hall–Kier alpha value is -2.24. The molecule has 0 saturated carbocycles. The topological polar surface area (TPSA) is 61.9 Å². The van der Waals surface area contributed by atoms with Crippen LogP contribution in [0.2, 0.25) is 0 Å². The van der Waals surface area contributed by atoms with Gasteiger partial charge in [-0.05, 0) is 44.5 Å². The maximum absolute atomic E-state index is 12.4. The summed E-state index contributed by atoms with van der Waals surface area (Å²) in [6.07, 6.45) is 0.873. The molecule has 1 N–H and O–H groups in total. The van der Waals surface area contributed by atoms with Crippen LogP contribution in [0, 0.1) is 0 Å². The molecule has 23 heavy (non-hydrogen) atoms. The molecule has 126 valence electrons. The molecule has 3 amide bonds. The van der Waals surface area contributed by atoms with Crippen molar-refractivity contribution in [1.82, 2.24) is 10.2 Å². The number of amides is 3. The first kappa shape index (κ1) is 17.1. The first-order valence-electron chi connectivity index (χ1n) is 8.13. The predicted octanol–water partition coefficient (Wildman–Crippen LogP) is 2.24. The van der Waals surface area contributed by atoms with Gasteiger partial charge in [-0.1, -0.05) is 6.92 Å². The number of hydrogen-bond donors (Lipinski definition) is 1. The molecule has 1 unspecified atom stereocenters. The highest BCUT2D eigenvalue weighted by Gasteiger charge is 2.30. The molecular formula is C17H25N3O3. The fraction of sp³-hybridized carbons (Fsp3) is 0.529. The van der Waals surface area contributed by atoms with Gasteiger partial charge in [0.15, 0.2) is 0 Å². The van der Waals surface area contributed by atoms with Gasteiger partial charge in [0.05, 0.1) is 6.61 Å². The van der Waals surface area contributed by atoms with Crippen molar-refractivity contribution in [3.63, 3.8) is 0 Å². The van der Waals surface area contributed by atoms with E-state index in [1.165, 1.54) is 0 Å². The van der Waals surface area contributed by atoms with E-state index in [2.05, 4.69) is 5.32 Å². The van der Waals surface area contributed by atoms with Crippen molar-refractivity contribution in [1.29, 1.82) is 0 Å². The maximum Gasteiger partial charge on any atom is 0.325 e. The summed E-state index contributed by atoms with van der Waals surface area (Å²) in [4.78, 5) is 27.6. The quantitative estimate of drug-likeness (QED) is 0.838. The second-order valence-electron chi connectivity index (χ2n) is 5.66. The Balaban J connectivity index is 1.94. The van der Waals surface area contributed by atoms with Gasteiger partial charge in [0.1, 0.15) is 12.3 Å². The van der Waals surface area contributed by atoms with Crippen LogP contribution < -0.4 is 15.0 Å². The minimum Gasteiger partial charge on any atom is -0.494 e. The Morgan fingerprint density at radius 2 is 1.96 bits per heavy atom. The van der Waals surface area contributed by atoms with Crippen molar-refractivity contribution >= 4 is 17.6 Å². The number of benzene rings is 1. The van der Waals surface area contributed by atoms with Crippen molar-refractivity contribution in [2.45, 2.75) is 33.2 Å². The summed E-state index contributed by atoms with van der Waals surface area (Å²) in [5.41, 5.74) is 0.822. The standard InChI is InChI=1S/C17H25N3O3/c1-4-13(3)18-16(21)12-19-10-11-20(17(19)22)14-6-8-15(9-7-14)23-5-2/h6-9,13H,4-5,10-12H2,1-3H3,(H,18,21).